The fourth-order valence-corrected chi connectivity index (χ4v) is 2.81. The molecule has 0 bridgehead atoms. The first-order valence-corrected chi connectivity index (χ1v) is 9.30. The van der Waals surface area contributed by atoms with Gasteiger partial charge in [0.25, 0.3) is 5.91 Å². The van der Waals surface area contributed by atoms with Crippen molar-refractivity contribution in [3.05, 3.63) is 71.8 Å². The van der Waals surface area contributed by atoms with E-state index in [0.29, 0.717) is 29.7 Å². The summed E-state index contributed by atoms with van der Waals surface area (Å²) < 4.78 is 5.66. The van der Waals surface area contributed by atoms with Crippen LogP contribution < -0.4 is 10.8 Å². The molecule has 0 radical (unpaired) electrons. The van der Waals surface area contributed by atoms with Gasteiger partial charge in [-0.05, 0) is 60.7 Å². The SMILES string of the molecule is C[C@H](CC/C=C/C(=O)NO)[C@@H](OC(=O)Nc1ccc(C#N)cc1)c1ccc(O)cc1. The van der Waals surface area contributed by atoms with Crippen LogP contribution in [-0.4, -0.2) is 22.3 Å². The van der Waals surface area contributed by atoms with Crippen LogP contribution in [0.4, 0.5) is 10.5 Å². The number of amides is 2. The van der Waals surface area contributed by atoms with Crippen molar-refractivity contribution in [3.8, 4) is 11.8 Å². The van der Waals surface area contributed by atoms with Crippen LogP contribution in [0.2, 0.25) is 0 Å². The summed E-state index contributed by atoms with van der Waals surface area (Å²) in [5, 5.41) is 29.5. The highest BCUT2D eigenvalue weighted by atomic mass is 16.6. The molecule has 4 N–H and O–H groups in total. The number of anilines is 1. The number of nitrogens with one attached hydrogen (secondary N) is 2. The molecule has 0 aliphatic heterocycles. The van der Waals surface area contributed by atoms with Crippen molar-refractivity contribution in [1.82, 2.24) is 5.48 Å². The van der Waals surface area contributed by atoms with E-state index in [4.69, 9.17) is 15.2 Å². The minimum Gasteiger partial charge on any atom is -0.508 e. The molecule has 0 fully saturated rings. The lowest BCUT2D eigenvalue weighted by atomic mass is 9.93. The summed E-state index contributed by atoms with van der Waals surface area (Å²) >= 11 is 0. The molecule has 8 heteroatoms. The minimum absolute atomic E-state index is 0.102. The molecule has 2 amide bonds. The monoisotopic (exact) mass is 409 g/mol. The third kappa shape index (κ3) is 6.96. The summed E-state index contributed by atoms with van der Waals surface area (Å²) in [6, 6.07) is 14.8. The van der Waals surface area contributed by atoms with Gasteiger partial charge in [-0.1, -0.05) is 25.1 Å². The number of hydrogen-bond donors (Lipinski definition) is 4. The molecule has 0 saturated heterocycles. The molecule has 156 valence electrons. The third-order valence-corrected chi connectivity index (χ3v) is 4.40. The number of rotatable bonds is 8. The van der Waals surface area contributed by atoms with Crippen LogP contribution in [0.5, 0.6) is 5.75 Å². The fraction of sp³-hybridized carbons (Fsp3) is 0.227. The maximum absolute atomic E-state index is 12.4. The first-order valence-electron chi connectivity index (χ1n) is 9.30. The Kier molecular flexibility index (Phi) is 8.41. The molecule has 0 heterocycles. The number of phenols is 1. The maximum atomic E-state index is 12.4. The average Bonchev–Trinajstić information content (AvgIpc) is 2.76. The second-order valence-corrected chi connectivity index (χ2v) is 6.66. The van der Waals surface area contributed by atoms with Crippen molar-refractivity contribution in [2.24, 2.45) is 5.92 Å². The number of allylic oxidation sites excluding steroid dienone is 1. The molecular weight excluding hydrogens is 386 g/mol. The van der Waals surface area contributed by atoms with Gasteiger partial charge >= 0.3 is 6.09 Å². The molecule has 0 aromatic heterocycles. The van der Waals surface area contributed by atoms with Gasteiger partial charge in [-0.15, -0.1) is 0 Å². The summed E-state index contributed by atoms with van der Waals surface area (Å²) in [5.41, 5.74) is 3.21. The summed E-state index contributed by atoms with van der Waals surface area (Å²) in [6.45, 7) is 1.91. The van der Waals surface area contributed by atoms with Crippen molar-refractivity contribution < 1.29 is 24.6 Å². The number of ether oxygens (including phenoxy) is 1. The molecule has 2 aromatic rings. The van der Waals surface area contributed by atoms with E-state index in [1.165, 1.54) is 23.7 Å². The van der Waals surface area contributed by atoms with Crippen molar-refractivity contribution in [2.75, 3.05) is 5.32 Å². The van der Waals surface area contributed by atoms with Crippen LogP contribution in [0.15, 0.2) is 60.7 Å². The van der Waals surface area contributed by atoms with Crippen molar-refractivity contribution in [1.29, 1.82) is 5.26 Å². The number of phenolic OH excluding ortho intramolecular Hbond substituents is 1. The number of carbonyl (C=O) groups is 2. The van der Waals surface area contributed by atoms with E-state index in [1.54, 1.807) is 42.5 Å². The Hall–Kier alpha value is -3.83. The second kappa shape index (κ2) is 11.2. The Morgan fingerprint density at radius 2 is 1.83 bits per heavy atom. The highest BCUT2D eigenvalue weighted by molar-refractivity contribution is 5.86. The molecular formula is C22H23N3O5. The van der Waals surface area contributed by atoms with Crippen LogP contribution in [0, 0.1) is 17.2 Å². The number of nitrogens with zero attached hydrogens (tertiary/aromatic N) is 1. The molecule has 8 nitrogen and oxygen atoms in total. The van der Waals surface area contributed by atoms with E-state index in [2.05, 4.69) is 5.32 Å². The van der Waals surface area contributed by atoms with Gasteiger partial charge in [-0.3, -0.25) is 15.3 Å². The number of nitriles is 1. The molecule has 2 aromatic carbocycles. The quantitative estimate of drug-likeness (QED) is 0.296. The molecule has 0 spiro atoms. The zero-order valence-electron chi connectivity index (χ0n) is 16.4. The van der Waals surface area contributed by atoms with E-state index in [1.807, 2.05) is 13.0 Å². The van der Waals surface area contributed by atoms with E-state index >= 15 is 0 Å². The molecule has 2 rings (SSSR count). The predicted molar refractivity (Wildman–Crippen MR) is 110 cm³/mol. The lowest BCUT2D eigenvalue weighted by Gasteiger charge is -2.24. The van der Waals surface area contributed by atoms with Gasteiger partial charge in [0, 0.05) is 11.8 Å². The Balaban J connectivity index is 2.07. The standard InChI is InChI=1S/C22H23N3O5/c1-15(4-2-3-5-20(27)25-29)21(17-8-12-19(26)13-9-17)30-22(28)24-18-10-6-16(14-23)7-11-18/h3,5-13,15,21,26,29H,2,4H2,1H3,(H,24,28)(H,25,27)/b5-3+/t15-,21-/m1/s1. The molecule has 30 heavy (non-hydrogen) atoms. The Morgan fingerprint density at radius 1 is 1.17 bits per heavy atom. The van der Waals surface area contributed by atoms with Gasteiger partial charge in [0.05, 0.1) is 11.6 Å². The highest BCUT2D eigenvalue weighted by Gasteiger charge is 2.23. The van der Waals surface area contributed by atoms with E-state index in [-0.39, 0.29) is 11.7 Å². The number of hydrogen-bond acceptors (Lipinski definition) is 6. The normalized spacial score (nSPS) is 12.6. The van der Waals surface area contributed by atoms with Gasteiger partial charge in [0.1, 0.15) is 11.9 Å². The van der Waals surface area contributed by atoms with Crippen molar-refractivity contribution in [3.63, 3.8) is 0 Å². The first kappa shape index (κ1) is 22.5. The molecule has 0 saturated carbocycles. The summed E-state index contributed by atoms with van der Waals surface area (Å²) in [5.74, 6) is -0.621. The van der Waals surface area contributed by atoms with Crippen LogP contribution in [0.3, 0.4) is 0 Å². The molecule has 0 aliphatic rings. The van der Waals surface area contributed by atoms with E-state index in [0.717, 1.165) is 0 Å². The van der Waals surface area contributed by atoms with E-state index < -0.39 is 18.1 Å². The summed E-state index contributed by atoms with van der Waals surface area (Å²) in [6.07, 6.45) is 2.73. The first-order chi connectivity index (χ1) is 14.4. The second-order valence-electron chi connectivity index (χ2n) is 6.66. The Bertz CT molecular complexity index is 917. The minimum atomic E-state index is -0.653. The van der Waals surface area contributed by atoms with Crippen LogP contribution >= 0.6 is 0 Å². The number of benzene rings is 2. The Labute approximate surface area is 174 Å². The van der Waals surface area contributed by atoms with Crippen LogP contribution in [0.25, 0.3) is 0 Å². The third-order valence-electron chi connectivity index (χ3n) is 4.40. The van der Waals surface area contributed by atoms with Crippen molar-refractivity contribution in [2.45, 2.75) is 25.9 Å². The topological polar surface area (TPSA) is 132 Å². The maximum Gasteiger partial charge on any atom is 0.412 e. The number of carbonyl (C=O) groups excluding carboxylic acids is 2. The Morgan fingerprint density at radius 3 is 2.43 bits per heavy atom. The predicted octanol–water partition coefficient (Wildman–Crippen LogP) is 4.03. The zero-order valence-corrected chi connectivity index (χ0v) is 16.4. The van der Waals surface area contributed by atoms with Gasteiger partial charge in [-0.25, -0.2) is 10.3 Å². The largest absolute Gasteiger partial charge is 0.508 e. The number of hydroxylamine groups is 1. The molecule has 0 unspecified atom stereocenters. The fourth-order valence-electron chi connectivity index (χ4n) is 2.81. The molecule has 2 atom stereocenters. The van der Waals surface area contributed by atoms with Crippen molar-refractivity contribution >= 4 is 17.7 Å². The highest BCUT2D eigenvalue weighted by Crippen LogP contribution is 2.31. The van der Waals surface area contributed by atoms with Crippen LogP contribution in [0.1, 0.15) is 37.0 Å². The smallest absolute Gasteiger partial charge is 0.412 e. The van der Waals surface area contributed by atoms with E-state index in [9.17, 15) is 14.7 Å². The van der Waals surface area contributed by atoms with Gasteiger partial charge in [0.15, 0.2) is 0 Å². The summed E-state index contributed by atoms with van der Waals surface area (Å²) in [4.78, 5) is 23.5. The zero-order chi connectivity index (χ0) is 21.9. The lowest BCUT2D eigenvalue weighted by molar-refractivity contribution is -0.124. The number of aromatic hydroxyl groups is 1. The molecule has 0 aliphatic carbocycles. The average molecular weight is 409 g/mol. The summed E-state index contributed by atoms with van der Waals surface area (Å²) in [7, 11) is 0. The lowest BCUT2D eigenvalue weighted by Crippen LogP contribution is -2.22. The van der Waals surface area contributed by atoms with Gasteiger partial charge in [0.2, 0.25) is 0 Å². The van der Waals surface area contributed by atoms with Gasteiger partial charge < -0.3 is 9.84 Å². The van der Waals surface area contributed by atoms with Gasteiger partial charge in [-0.2, -0.15) is 5.26 Å². The van der Waals surface area contributed by atoms with Crippen LogP contribution in [-0.2, 0) is 9.53 Å².